The van der Waals surface area contributed by atoms with Crippen LogP contribution in [0.15, 0.2) is 273 Å². The van der Waals surface area contributed by atoms with Crippen LogP contribution in [0.5, 0.6) is 0 Å². The molecule has 3 nitrogen and oxygen atoms in total. The molecule has 3 heteroatoms. The number of para-hydroxylation sites is 2. The van der Waals surface area contributed by atoms with Gasteiger partial charge in [-0.3, -0.25) is 0 Å². The van der Waals surface area contributed by atoms with Crippen molar-refractivity contribution in [3.63, 3.8) is 0 Å². The van der Waals surface area contributed by atoms with Gasteiger partial charge in [0.15, 0.2) is 0 Å². The Morgan fingerprint density at radius 2 is 0.870 bits per heavy atom. The van der Waals surface area contributed by atoms with Gasteiger partial charge in [-0.1, -0.05) is 200 Å². The summed E-state index contributed by atoms with van der Waals surface area (Å²) in [5.74, 6) is 0.234. The molecule has 0 saturated heterocycles. The molecule has 13 rings (SSSR count). The highest BCUT2D eigenvalue weighted by Gasteiger charge is 2.38. The van der Waals surface area contributed by atoms with Crippen LogP contribution < -0.4 is 9.80 Å². The van der Waals surface area contributed by atoms with Gasteiger partial charge in [0.1, 0.15) is 0 Å². The minimum absolute atomic E-state index is 0.212. The Hall–Kier alpha value is -8.92. The van der Waals surface area contributed by atoms with Crippen LogP contribution in [0.1, 0.15) is 11.5 Å². The number of hydrogen-bond acceptors (Lipinski definition) is 2. The van der Waals surface area contributed by atoms with Gasteiger partial charge in [-0.25, -0.2) is 0 Å². The van der Waals surface area contributed by atoms with E-state index in [1.807, 2.05) is 0 Å². The highest BCUT2D eigenvalue weighted by Crippen LogP contribution is 2.51. The standard InChI is InChI=1S/C66H47N3/c1-6-20-46(21-7-1)47-34-38-53(39-35-47)67(55-42-43-63-60(44-55)57-31-18-19-33-62(57)68(63)51-26-12-4-13-27-51)54-40-36-48(37-41-54)59-45-61-64(49-22-8-2-9-23-49)65(50-24-10-3-11-25-50)69(52-28-14-5-15-29-52)66(61)58-32-17-16-30-56(58)59/h1-45,57,62H. The number of nitrogens with zero attached hydrogens (tertiary/aromatic N) is 3. The van der Waals surface area contributed by atoms with Gasteiger partial charge in [0, 0.05) is 56.4 Å². The molecule has 0 fully saturated rings. The Morgan fingerprint density at radius 3 is 1.52 bits per heavy atom. The first-order valence-corrected chi connectivity index (χ1v) is 23.9. The van der Waals surface area contributed by atoms with E-state index in [-0.39, 0.29) is 12.0 Å². The van der Waals surface area contributed by atoms with Crippen molar-refractivity contribution in [2.45, 2.75) is 12.0 Å². The number of anilines is 5. The van der Waals surface area contributed by atoms with Crippen LogP contribution in [-0.2, 0) is 0 Å². The highest BCUT2D eigenvalue weighted by molar-refractivity contribution is 6.20. The minimum atomic E-state index is 0.212. The number of benzene rings is 10. The summed E-state index contributed by atoms with van der Waals surface area (Å²) >= 11 is 0. The summed E-state index contributed by atoms with van der Waals surface area (Å²) < 4.78 is 2.49. The SMILES string of the molecule is C1=CC2c3cc(N(c4ccc(-c5ccccc5)cc4)c4ccc(-c5cc6c(-c7ccccc7)c(-c7ccccc7)n(-c7ccccc7)c6c6ccccc56)cc4)ccc3N(c3ccccc3)C2C=C1. The lowest BCUT2D eigenvalue weighted by Crippen LogP contribution is -2.28. The lowest BCUT2D eigenvalue weighted by atomic mass is 9.91. The summed E-state index contributed by atoms with van der Waals surface area (Å²) in [7, 11) is 0. The molecule has 2 heterocycles. The first kappa shape index (κ1) is 40.4. The Labute approximate surface area is 403 Å². The molecule has 2 aliphatic rings. The molecule has 69 heavy (non-hydrogen) atoms. The van der Waals surface area contributed by atoms with Crippen LogP contribution in [0.4, 0.5) is 28.4 Å². The Morgan fingerprint density at radius 1 is 0.362 bits per heavy atom. The van der Waals surface area contributed by atoms with E-state index in [2.05, 4.69) is 287 Å². The van der Waals surface area contributed by atoms with E-state index in [1.165, 1.54) is 83.3 Å². The van der Waals surface area contributed by atoms with Gasteiger partial charge in [0.2, 0.25) is 0 Å². The summed E-state index contributed by atoms with van der Waals surface area (Å²) in [5.41, 5.74) is 19.0. The summed E-state index contributed by atoms with van der Waals surface area (Å²) in [6, 6.07) is 91.0. The predicted octanol–water partition coefficient (Wildman–Crippen LogP) is 17.7. The number of allylic oxidation sites excluding steroid dienone is 2. The summed E-state index contributed by atoms with van der Waals surface area (Å²) in [6.07, 6.45) is 9.11. The van der Waals surface area contributed by atoms with Crippen molar-refractivity contribution in [3.8, 4) is 50.3 Å². The summed E-state index contributed by atoms with van der Waals surface area (Å²) in [5, 5.41) is 3.64. The second-order valence-corrected chi connectivity index (χ2v) is 18.0. The maximum absolute atomic E-state index is 2.50. The maximum atomic E-state index is 2.50. The monoisotopic (exact) mass is 881 g/mol. The molecule has 0 spiro atoms. The normalized spacial score (nSPS) is 14.8. The molecule has 1 aliphatic heterocycles. The molecule has 326 valence electrons. The van der Waals surface area contributed by atoms with Gasteiger partial charge in [-0.05, 0) is 117 Å². The van der Waals surface area contributed by atoms with Crippen molar-refractivity contribution in [1.29, 1.82) is 0 Å². The second kappa shape index (κ2) is 17.1. The van der Waals surface area contributed by atoms with Crippen molar-refractivity contribution in [2.75, 3.05) is 9.80 Å². The lowest BCUT2D eigenvalue weighted by Gasteiger charge is -2.28. The van der Waals surface area contributed by atoms with Crippen molar-refractivity contribution in [3.05, 3.63) is 279 Å². The Kier molecular flexibility index (Phi) is 9.98. The first-order chi connectivity index (χ1) is 34.3. The second-order valence-electron chi connectivity index (χ2n) is 18.0. The van der Waals surface area contributed by atoms with Gasteiger partial charge in [0.25, 0.3) is 0 Å². The van der Waals surface area contributed by atoms with Crippen LogP contribution in [-0.4, -0.2) is 10.6 Å². The van der Waals surface area contributed by atoms with Crippen molar-refractivity contribution < 1.29 is 0 Å². The number of aromatic nitrogens is 1. The van der Waals surface area contributed by atoms with E-state index < -0.39 is 0 Å². The average Bonchev–Trinajstić information content (AvgIpc) is 3.96. The molecule has 11 aromatic rings. The molecule has 0 amide bonds. The van der Waals surface area contributed by atoms with E-state index in [0.29, 0.717) is 0 Å². The third-order valence-electron chi connectivity index (χ3n) is 14.1. The van der Waals surface area contributed by atoms with E-state index >= 15 is 0 Å². The van der Waals surface area contributed by atoms with Gasteiger partial charge in [-0.2, -0.15) is 0 Å². The maximum Gasteiger partial charge on any atom is 0.0629 e. The molecule has 10 aromatic carbocycles. The molecule has 2 unspecified atom stereocenters. The Bertz CT molecular complexity index is 3690. The van der Waals surface area contributed by atoms with Crippen LogP contribution in [0, 0.1) is 0 Å². The van der Waals surface area contributed by atoms with E-state index in [9.17, 15) is 0 Å². The summed E-state index contributed by atoms with van der Waals surface area (Å²) in [4.78, 5) is 4.92. The lowest BCUT2D eigenvalue weighted by molar-refractivity contribution is 0.745. The quantitative estimate of drug-likeness (QED) is 0.143. The van der Waals surface area contributed by atoms with Crippen molar-refractivity contribution >= 4 is 50.1 Å². The average molecular weight is 882 g/mol. The summed E-state index contributed by atoms with van der Waals surface area (Å²) in [6.45, 7) is 0. The zero-order valence-corrected chi connectivity index (χ0v) is 38.0. The molecule has 0 N–H and O–H groups in total. The molecular weight excluding hydrogens is 835 g/mol. The zero-order chi connectivity index (χ0) is 45.7. The largest absolute Gasteiger partial charge is 0.333 e. The van der Waals surface area contributed by atoms with Crippen LogP contribution in [0.3, 0.4) is 0 Å². The molecular formula is C66H47N3. The van der Waals surface area contributed by atoms with Crippen LogP contribution >= 0.6 is 0 Å². The molecule has 2 atom stereocenters. The smallest absolute Gasteiger partial charge is 0.0629 e. The van der Waals surface area contributed by atoms with Crippen molar-refractivity contribution in [2.24, 2.45) is 0 Å². The number of rotatable bonds is 9. The van der Waals surface area contributed by atoms with Crippen molar-refractivity contribution in [1.82, 2.24) is 4.57 Å². The fourth-order valence-electron chi connectivity index (χ4n) is 11.0. The molecule has 0 saturated carbocycles. The topological polar surface area (TPSA) is 11.4 Å². The minimum Gasteiger partial charge on any atom is -0.333 e. The first-order valence-electron chi connectivity index (χ1n) is 23.9. The van der Waals surface area contributed by atoms with Gasteiger partial charge in [0.05, 0.1) is 17.3 Å². The third-order valence-corrected chi connectivity index (χ3v) is 14.1. The molecule has 0 radical (unpaired) electrons. The fourth-order valence-corrected chi connectivity index (χ4v) is 11.0. The van der Waals surface area contributed by atoms with E-state index in [4.69, 9.17) is 0 Å². The molecule has 1 aromatic heterocycles. The van der Waals surface area contributed by atoms with Crippen LogP contribution in [0.2, 0.25) is 0 Å². The van der Waals surface area contributed by atoms with E-state index in [1.54, 1.807) is 0 Å². The Balaban J connectivity index is 0.987. The van der Waals surface area contributed by atoms with Gasteiger partial charge in [-0.15, -0.1) is 0 Å². The fraction of sp³-hybridized carbons (Fsp3) is 0.0303. The van der Waals surface area contributed by atoms with Crippen LogP contribution in [0.25, 0.3) is 72.0 Å². The molecule has 0 bridgehead atoms. The van der Waals surface area contributed by atoms with Gasteiger partial charge < -0.3 is 14.4 Å². The van der Waals surface area contributed by atoms with Gasteiger partial charge >= 0.3 is 0 Å². The number of hydrogen-bond donors (Lipinski definition) is 0. The van der Waals surface area contributed by atoms with E-state index in [0.717, 1.165) is 22.7 Å². The molecule has 1 aliphatic carbocycles. The highest BCUT2D eigenvalue weighted by atomic mass is 15.2. The third kappa shape index (κ3) is 6.98. The zero-order valence-electron chi connectivity index (χ0n) is 38.0. The number of fused-ring (bicyclic) bond motifs is 6. The predicted molar refractivity (Wildman–Crippen MR) is 291 cm³/mol.